The monoisotopic (exact) mass is 416 g/mol. The number of fused-ring (bicyclic) bond motifs is 5. The van der Waals surface area contributed by atoms with Crippen molar-refractivity contribution in [2.75, 3.05) is 6.61 Å². The van der Waals surface area contributed by atoms with Gasteiger partial charge in [0.25, 0.3) is 0 Å². The number of ether oxygens (including phenoxy) is 1. The number of hydrogen-bond donors (Lipinski definition) is 0. The molecule has 2 aromatic carbocycles. The van der Waals surface area contributed by atoms with E-state index >= 15 is 0 Å². The zero-order valence-electron chi connectivity index (χ0n) is 16.2. The lowest BCUT2D eigenvalue weighted by molar-refractivity contribution is 0.269. The van der Waals surface area contributed by atoms with Crippen LogP contribution in [0.4, 0.5) is 0 Å². The van der Waals surface area contributed by atoms with Gasteiger partial charge in [-0.2, -0.15) is 0 Å². The highest BCUT2D eigenvalue weighted by Crippen LogP contribution is 2.35. The summed E-state index contributed by atoms with van der Waals surface area (Å²) in [6.07, 6.45) is 4.17. The van der Waals surface area contributed by atoms with Gasteiger partial charge in [0, 0.05) is 11.4 Å². The SMILES string of the molecule is C[C@]1(c2ccccc2)COC(c2ncn3c2Cc2cnnn2-c2cc(Cl)ccc2-3)=N1. The maximum Gasteiger partial charge on any atom is 0.238 e. The van der Waals surface area contributed by atoms with Crippen LogP contribution in [0.2, 0.25) is 5.02 Å². The quantitative estimate of drug-likeness (QED) is 0.440. The van der Waals surface area contributed by atoms with Crippen LogP contribution < -0.4 is 0 Å². The van der Waals surface area contributed by atoms with Crippen LogP contribution in [0.15, 0.2) is 66.0 Å². The Morgan fingerprint density at radius 3 is 2.83 bits per heavy atom. The molecule has 2 aliphatic heterocycles. The van der Waals surface area contributed by atoms with E-state index in [1.54, 1.807) is 12.5 Å². The minimum absolute atomic E-state index is 0.438. The van der Waals surface area contributed by atoms with E-state index in [0.717, 1.165) is 34.0 Å². The fourth-order valence-electron chi connectivity index (χ4n) is 4.11. The van der Waals surface area contributed by atoms with Crippen molar-refractivity contribution in [1.82, 2.24) is 24.5 Å². The maximum atomic E-state index is 6.26. The molecule has 0 aliphatic carbocycles. The van der Waals surface area contributed by atoms with Crippen LogP contribution in [0.5, 0.6) is 0 Å². The number of hydrogen-bond acceptors (Lipinski definition) is 5. The Morgan fingerprint density at radius 1 is 1.10 bits per heavy atom. The van der Waals surface area contributed by atoms with Gasteiger partial charge in [0.1, 0.15) is 24.2 Å². The van der Waals surface area contributed by atoms with Crippen molar-refractivity contribution in [3.63, 3.8) is 0 Å². The van der Waals surface area contributed by atoms with Crippen LogP contribution >= 0.6 is 11.6 Å². The van der Waals surface area contributed by atoms with Crippen molar-refractivity contribution in [2.45, 2.75) is 18.9 Å². The third-order valence-corrected chi connectivity index (χ3v) is 5.93. The number of imidazole rings is 1. The molecule has 0 fully saturated rings. The molecule has 8 heteroatoms. The van der Waals surface area contributed by atoms with Crippen molar-refractivity contribution in [3.8, 4) is 11.4 Å². The summed E-state index contributed by atoms with van der Waals surface area (Å²) in [5.74, 6) is 0.562. The van der Waals surface area contributed by atoms with Crippen molar-refractivity contribution < 1.29 is 4.74 Å². The molecule has 0 saturated heterocycles. The molecule has 148 valence electrons. The Balaban J connectivity index is 1.50. The van der Waals surface area contributed by atoms with E-state index in [-0.39, 0.29) is 0 Å². The topological polar surface area (TPSA) is 70.1 Å². The summed E-state index contributed by atoms with van der Waals surface area (Å²) < 4.78 is 9.94. The Bertz CT molecular complexity index is 1310. The van der Waals surface area contributed by atoms with E-state index in [2.05, 4.69) is 38.9 Å². The average Bonchev–Trinajstić information content (AvgIpc) is 3.47. The third-order valence-electron chi connectivity index (χ3n) is 5.70. The molecule has 1 atom stereocenters. The number of benzene rings is 2. The predicted molar refractivity (Wildman–Crippen MR) is 113 cm³/mol. The smallest absolute Gasteiger partial charge is 0.238 e. The van der Waals surface area contributed by atoms with E-state index in [1.807, 2.05) is 41.1 Å². The Hall–Kier alpha value is -3.45. The number of nitrogens with zero attached hydrogens (tertiary/aromatic N) is 6. The number of aromatic nitrogens is 5. The number of rotatable bonds is 2. The van der Waals surface area contributed by atoms with Crippen LogP contribution in [-0.2, 0) is 16.7 Å². The lowest BCUT2D eigenvalue weighted by Gasteiger charge is -2.18. The van der Waals surface area contributed by atoms with Gasteiger partial charge in [0.05, 0.1) is 29.0 Å². The van der Waals surface area contributed by atoms with Gasteiger partial charge in [0.2, 0.25) is 5.90 Å². The fraction of sp³-hybridized carbons (Fsp3) is 0.182. The summed E-state index contributed by atoms with van der Waals surface area (Å²) in [7, 11) is 0. The van der Waals surface area contributed by atoms with Gasteiger partial charge in [0.15, 0.2) is 0 Å². The van der Waals surface area contributed by atoms with Gasteiger partial charge in [-0.25, -0.2) is 14.7 Å². The average molecular weight is 417 g/mol. The first kappa shape index (κ1) is 17.4. The third kappa shape index (κ3) is 2.52. The predicted octanol–water partition coefficient (Wildman–Crippen LogP) is 3.70. The molecular formula is C22H17ClN6O. The Labute approximate surface area is 177 Å². The van der Waals surface area contributed by atoms with E-state index in [9.17, 15) is 0 Å². The fourth-order valence-corrected chi connectivity index (χ4v) is 4.28. The highest BCUT2D eigenvalue weighted by molar-refractivity contribution is 6.30. The van der Waals surface area contributed by atoms with E-state index in [0.29, 0.717) is 23.9 Å². The van der Waals surface area contributed by atoms with Crippen molar-refractivity contribution >= 4 is 17.5 Å². The largest absolute Gasteiger partial charge is 0.473 e. The molecule has 0 N–H and O–H groups in total. The van der Waals surface area contributed by atoms with Crippen molar-refractivity contribution in [1.29, 1.82) is 0 Å². The van der Waals surface area contributed by atoms with Gasteiger partial charge >= 0.3 is 0 Å². The summed E-state index contributed by atoms with van der Waals surface area (Å²) in [6.45, 7) is 2.56. The lowest BCUT2D eigenvalue weighted by atomic mass is 9.94. The van der Waals surface area contributed by atoms with Gasteiger partial charge < -0.3 is 4.74 Å². The van der Waals surface area contributed by atoms with Crippen LogP contribution in [0.1, 0.15) is 29.6 Å². The summed E-state index contributed by atoms with van der Waals surface area (Å²) in [5, 5.41) is 9.00. The lowest BCUT2D eigenvalue weighted by Crippen LogP contribution is -2.20. The first-order valence-electron chi connectivity index (χ1n) is 9.67. The molecule has 0 amide bonds. The summed E-state index contributed by atoms with van der Waals surface area (Å²) in [5.41, 5.74) is 5.15. The molecule has 0 saturated carbocycles. The molecular weight excluding hydrogens is 400 g/mol. The van der Waals surface area contributed by atoms with Crippen LogP contribution in [0.25, 0.3) is 11.4 Å². The van der Waals surface area contributed by atoms with Crippen LogP contribution in [0, 0.1) is 0 Å². The van der Waals surface area contributed by atoms with Gasteiger partial charge in [-0.3, -0.25) is 4.57 Å². The second-order valence-electron chi connectivity index (χ2n) is 7.70. The van der Waals surface area contributed by atoms with Crippen molar-refractivity contribution in [2.24, 2.45) is 4.99 Å². The molecule has 0 spiro atoms. The first-order valence-corrected chi connectivity index (χ1v) is 10.0. The molecule has 0 radical (unpaired) electrons. The second-order valence-corrected chi connectivity index (χ2v) is 8.14. The minimum atomic E-state index is -0.438. The van der Waals surface area contributed by atoms with E-state index in [4.69, 9.17) is 21.3 Å². The Kier molecular flexibility index (Phi) is 3.64. The minimum Gasteiger partial charge on any atom is -0.473 e. The summed E-state index contributed by atoms with van der Waals surface area (Å²) in [4.78, 5) is 9.63. The zero-order chi connectivity index (χ0) is 20.3. The van der Waals surface area contributed by atoms with E-state index < -0.39 is 5.54 Å². The number of halogens is 1. The zero-order valence-corrected chi connectivity index (χ0v) is 16.9. The van der Waals surface area contributed by atoms with Gasteiger partial charge in [-0.05, 0) is 30.7 Å². The molecule has 7 nitrogen and oxygen atoms in total. The molecule has 4 heterocycles. The molecule has 2 aliphatic rings. The molecule has 0 bridgehead atoms. The highest BCUT2D eigenvalue weighted by Gasteiger charge is 2.36. The van der Waals surface area contributed by atoms with Crippen LogP contribution in [0.3, 0.4) is 0 Å². The van der Waals surface area contributed by atoms with Crippen molar-refractivity contribution in [3.05, 3.63) is 88.7 Å². The highest BCUT2D eigenvalue weighted by atomic mass is 35.5. The summed E-state index contributed by atoms with van der Waals surface area (Å²) >= 11 is 6.26. The maximum absolute atomic E-state index is 6.26. The molecule has 6 rings (SSSR count). The standard InChI is InChI=1S/C22H17ClN6O/c1-22(14-5-3-2-4-6-14)12-30-21(26-22)20-19-10-16-11-25-27-29(16)18-9-15(23)7-8-17(18)28(19)13-24-20/h2-9,11,13H,10,12H2,1H3/t22-/m1/s1. The van der Waals surface area contributed by atoms with Gasteiger partial charge in [-0.1, -0.05) is 47.1 Å². The second kappa shape index (κ2) is 6.27. The number of aliphatic imine (C=N–C) groups is 1. The molecule has 4 aromatic rings. The first-order chi connectivity index (χ1) is 14.6. The molecule has 2 aromatic heterocycles. The summed E-state index contributed by atoms with van der Waals surface area (Å²) in [6, 6.07) is 15.9. The Morgan fingerprint density at radius 2 is 1.97 bits per heavy atom. The van der Waals surface area contributed by atoms with Crippen LogP contribution in [-0.4, -0.2) is 37.0 Å². The van der Waals surface area contributed by atoms with E-state index in [1.165, 1.54) is 0 Å². The normalized spacial score (nSPS) is 19.3. The molecule has 30 heavy (non-hydrogen) atoms. The van der Waals surface area contributed by atoms with Gasteiger partial charge in [-0.15, -0.1) is 5.10 Å². The molecule has 0 unspecified atom stereocenters.